The van der Waals surface area contributed by atoms with Crippen molar-refractivity contribution in [2.75, 3.05) is 0 Å². The summed E-state index contributed by atoms with van der Waals surface area (Å²) in [7, 11) is 0. The van der Waals surface area contributed by atoms with Crippen LogP contribution in [0.2, 0.25) is 0 Å². The summed E-state index contributed by atoms with van der Waals surface area (Å²) in [5.41, 5.74) is -0.171. The zero-order valence-electron chi connectivity index (χ0n) is 8.21. The maximum absolute atomic E-state index is 10.6. The van der Waals surface area contributed by atoms with Gasteiger partial charge in [-0.25, -0.2) is 0 Å². The molecule has 0 amide bonds. The Morgan fingerprint density at radius 2 is 2.29 bits per heavy atom. The molecule has 0 aliphatic rings. The molecule has 1 heterocycles. The second-order valence-electron chi connectivity index (χ2n) is 4.14. The average Bonchev–Trinajstić information content (AvgIpc) is 2.30. The van der Waals surface area contributed by atoms with Gasteiger partial charge >= 0.3 is 5.97 Å². The lowest BCUT2D eigenvalue weighted by Gasteiger charge is -2.21. The molecule has 1 rings (SSSR count). The average molecular weight is 277 g/mol. The first-order valence-electron chi connectivity index (χ1n) is 4.34. The van der Waals surface area contributed by atoms with Crippen molar-refractivity contribution in [3.05, 3.63) is 20.8 Å². The molecule has 0 spiro atoms. The number of hydrogen-bond acceptors (Lipinski definition) is 2. The van der Waals surface area contributed by atoms with E-state index in [9.17, 15) is 4.79 Å². The van der Waals surface area contributed by atoms with Crippen LogP contribution in [0, 0.1) is 5.41 Å². The largest absolute Gasteiger partial charge is 0.481 e. The first-order chi connectivity index (χ1) is 6.39. The zero-order valence-corrected chi connectivity index (χ0v) is 10.6. The van der Waals surface area contributed by atoms with Crippen molar-refractivity contribution in [1.29, 1.82) is 0 Å². The van der Waals surface area contributed by atoms with E-state index in [4.69, 9.17) is 5.11 Å². The number of halogens is 1. The normalized spacial score (nSPS) is 11.6. The third-order valence-electron chi connectivity index (χ3n) is 1.90. The number of thiophene rings is 1. The predicted octanol–water partition coefficient (Wildman–Crippen LogP) is 3.55. The molecule has 0 saturated carbocycles. The van der Waals surface area contributed by atoms with E-state index in [-0.39, 0.29) is 11.8 Å². The Kier molecular flexibility index (Phi) is 3.72. The van der Waals surface area contributed by atoms with Crippen LogP contribution in [0.3, 0.4) is 0 Å². The van der Waals surface area contributed by atoms with Crippen LogP contribution in [-0.4, -0.2) is 11.1 Å². The molecule has 1 N–H and O–H groups in total. The van der Waals surface area contributed by atoms with Gasteiger partial charge in [-0.2, -0.15) is 0 Å². The number of carboxylic acid groups (broad SMARTS) is 1. The molecular weight excluding hydrogens is 264 g/mol. The van der Waals surface area contributed by atoms with Crippen LogP contribution in [0.25, 0.3) is 0 Å². The second kappa shape index (κ2) is 4.45. The minimum absolute atomic E-state index is 0.171. The minimum atomic E-state index is -0.731. The Labute approximate surface area is 96.1 Å². The van der Waals surface area contributed by atoms with Crippen molar-refractivity contribution >= 4 is 33.2 Å². The quantitative estimate of drug-likeness (QED) is 0.913. The van der Waals surface area contributed by atoms with Gasteiger partial charge in [0.15, 0.2) is 0 Å². The Bertz CT molecular complexity index is 331. The molecule has 2 nitrogen and oxygen atoms in total. The van der Waals surface area contributed by atoms with Gasteiger partial charge in [0.2, 0.25) is 0 Å². The Hall–Kier alpha value is -0.350. The van der Waals surface area contributed by atoms with Crippen molar-refractivity contribution in [1.82, 2.24) is 0 Å². The maximum atomic E-state index is 10.6. The number of carbonyl (C=O) groups is 1. The third-order valence-corrected chi connectivity index (χ3v) is 3.60. The van der Waals surface area contributed by atoms with Gasteiger partial charge in [0.25, 0.3) is 0 Å². The Morgan fingerprint density at radius 1 is 1.64 bits per heavy atom. The fourth-order valence-corrected chi connectivity index (χ4v) is 3.10. The van der Waals surface area contributed by atoms with Gasteiger partial charge in [0, 0.05) is 14.7 Å². The first kappa shape index (κ1) is 11.7. The fourth-order valence-electron chi connectivity index (χ4n) is 1.39. The van der Waals surface area contributed by atoms with E-state index in [0.29, 0.717) is 0 Å². The molecule has 0 aliphatic carbocycles. The van der Waals surface area contributed by atoms with E-state index in [1.165, 1.54) is 4.88 Å². The number of aliphatic carboxylic acids is 1. The van der Waals surface area contributed by atoms with E-state index in [1.807, 2.05) is 25.3 Å². The fraction of sp³-hybridized carbons (Fsp3) is 0.500. The number of hydrogen-bond donors (Lipinski definition) is 1. The number of carboxylic acids is 1. The van der Waals surface area contributed by atoms with Crippen molar-refractivity contribution in [3.8, 4) is 0 Å². The van der Waals surface area contributed by atoms with E-state index in [0.717, 1.165) is 10.9 Å². The van der Waals surface area contributed by atoms with Crippen LogP contribution in [0.4, 0.5) is 0 Å². The predicted molar refractivity (Wildman–Crippen MR) is 61.8 cm³/mol. The van der Waals surface area contributed by atoms with Crippen LogP contribution in [0.15, 0.2) is 15.9 Å². The first-order valence-corrected chi connectivity index (χ1v) is 6.01. The summed E-state index contributed by atoms with van der Waals surface area (Å²) >= 11 is 5.05. The summed E-state index contributed by atoms with van der Waals surface area (Å²) in [4.78, 5) is 11.8. The van der Waals surface area contributed by atoms with Gasteiger partial charge < -0.3 is 5.11 Å². The molecule has 0 aliphatic heterocycles. The third kappa shape index (κ3) is 3.80. The van der Waals surface area contributed by atoms with E-state index < -0.39 is 5.97 Å². The topological polar surface area (TPSA) is 37.3 Å². The molecule has 14 heavy (non-hydrogen) atoms. The van der Waals surface area contributed by atoms with Gasteiger partial charge in [-0.05, 0) is 33.8 Å². The van der Waals surface area contributed by atoms with E-state index in [2.05, 4.69) is 15.9 Å². The molecule has 0 unspecified atom stereocenters. The molecule has 1 aromatic heterocycles. The molecule has 0 radical (unpaired) electrons. The SMILES string of the molecule is CC(C)(CC(=O)O)Cc1cc(Br)cs1. The maximum Gasteiger partial charge on any atom is 0.303 e. The smallest absolute Gasteiger partial charge is 0.303 e. The Morgan fingerprint density at radius 3 is 2.71 bits per heavy atom. The van der Waals surface area contributed by atoms with Crippen molar-refractivity contribution in [2.24, 2.45) is 5.41 Å². The van der Waals surface area contributed by atoms with Gasteiger partial charge in [0.05, 0.1) is 6.42 Å². The summed E-state index contributed by atoms with van der Waals surface area (Å²) in [5, 5.41) is 10.7. The van der Waals surface area contributed by atoms with Crippen LogP contribution in [-0.2, 0) is 11.2 Å². The van der Waals surface area contributed by atoms with Gasteiger partial charge in [-0.3, -0.25) is 4.79 Å². The lowest BCUT2D eigenvalue weighted by molar-refractivity contribution is -0.139. The summed E-state index contributed by atoms with van der Waals surface area (Å²) in [6.45, 7) is 3.96. The second-order valence-corrected chi connectivity index (χ2v) is 6.05. The molecule has 78 valence electrons. The van der Waals surface area contributed by atoms with Crippen LogP contribution in [0.1, 0.15) is 25.1 Å². The highest BCUT2D eigenvalue weighted by atomic mass is 79.9. The molecule has 0 atom stereocenters. The summed E-state index contributed by atoms with van der Waals surface area (Å²) < 4.78 is 1.07. The molecule has 0 saturated heterocycles. The summed E-state index contributed by atoms with van der Waals surface area (Å²) in [5.74, 6) is -0.731. The Balaban J connectivity index is 2.63. The van der Waals surface area contributed by atoms with E-state index >= 15 is 0 Å². The lowest BCUT2D eigenvalue weighted by atomic mass is 9.85. The van der Waals surface area contributed by atoms with Gasteiger partial charge in [-0.15, -0.1) is 11.3 Å². The molecule has 0 aromatic carbocycles. The van der Waals surface area contributed by atoms with Crippen molar-refractivity contribution in [3.63, 3.8) is 0 Å². The molecule has 4 heteroatoms. The van der Waals surface area contributed by atoms with Crippen molar-refractivity contribution in [2.45, 2.75) is 26.7 Å². The minimum Gasteiger partial charge on any atom is -0.481 e. The summed E-state index contributed by atoms with van der Waals surface area (Å²) in [6.07, 6.45) is 1.03. The van der Waals surface area contributed by atoms with Gasteiger partial charge in [-0.1, -0.05) is 13.8 Å². The van der Waals surface area contributed by atoms with E-state index in [1.54, 1.807) is 11.3 Å². The highest BCUT2D eigenvalue weighted by Crippen LogP contribution is 2.30. The zero-order chi connectivity index (χ0) is 10.8. The highest BCUT2D eigenvalue weighted by Gasteiger charge is 2.22. The monoisotopic (exact) mass is 276 g/mol. The standard InChI is InChI=1S/C10H13BrO2S/c1-10(2,5-9(12)13)4-8-3-7(11)6-14-8/h3,6H,4-5H2,1-2H3,(H,12,13). The number of rotatable bonds is 4. The van der Waals surface area contributed by atoms with Gasteiger partial charge in [0.1, 0.15) is 0 Å². The summed E-state index contributed by atoms with van der Waals surface area (Å²) in [6, 6.07) is 2.05. The van der Waals surface area contributed by atoms with Crippen LogP contribution in [0.5, 0.6) is 0 Å². The highest BCUT2D eigenvalue weighted by molar-refractivity contribution is 9.10. The molecule has 1 aromatic rings. The molecule has 0 bridgehead atoms. The molecule has 0 fully saturated rings. The van der Waals surface area contributed by atoms with Crippen molar-refractivity contribution < 1.29 is 9.90 Å². The lowest BCUT2D eigenvalue weighted by Crippen LogP contribution is -2.19. The van der Waals surface area contributed by atoms with Crippen LogP contribution < -0.4 is 0 Å². The van der Waals surface area contributed by atoms with Crippen LogP contribution >= 0.6 is 27.3 Å². The molecular formula is C10H13BrO2S.